The third-order valence-electron chi connectivity index (χ3n) is 3.76. The van der Waals surface area contributed by atoms with Crippen LogP contribution in [-0.4, -0.2) is 26.1 Å². The first-order valence-electron chi connectivity index (χ1n) is 7.55. The fourth-order valence-corrected chi connectivity index (χ4v) is 3.21. The lowest BCUT2D eigenvalue weighted by Gasteiger charge is -2.09. The Bertz CT molecular complexity index is 952. The van der Waals surface area contributed by atoms with Gasteiger partial charge in [0.25, 0.3) is 5.91 Å². The maximum absolute atomic E-state index is 12.4. The zero-order chi connectivity index (χ0) is 16.5. The molecule has 120 valence electrons. The van der Waals surface area contributed by atoms with E-state index in [1.165, 1.54) is 0 Å². The second-order valence-corrected chi connectivity index (χ2v) is 6.43. The highest BCUT2D eigenvalue weighted by Gasteiger charge is 2.17. The van der Waals surface area contributed by atoms with Gasteiger partial charge in [0.1, 0.15) is 5.82 Å². The summed E-state index contributed by atoms with van der Waals surface area (Å²) >= 11 is 1.60. The number of carbonyl (C=O) groups is 1. The molecule has 24 heavy (non-hydrogen) atoms. The summed E-state index contributed by atoms with van der Waals surface area (Å²) in [7, 11) is 0. The second kappa shape index (κ2) is 5.93. The third-order valence-corrected chi connectivity index (χ3v) is 4.67. The second-order valence-electron chi connectivity index (χ2n) is 5.48. The van der Waals surface area contributed by atoms with E-state index in [-0.39, 0.29) is 11.9 Å². The monoisotopic (exact) mass is 337 g/mol. The van der Waals surface area contributed by atoms with E-state index in [0.29, 0.717) is 5.69 Å². The molecule has 4 aromatic rings. The van der Waals surface area contributed by atoms with Crippen LogP contribution in [-0.2, 0) is 0 Å². The van der Waals surface area contributed by atoms with E-state index in [1.807, 2.05) is 48.7 Å². The highest BCUT2D eigenvalue weighted by molar-refractivity contribution is 7.13. The van der Waals surface area contributed by atoms with Crippen molar-refractivity contribution in [2.45, 2.75) is 13.0 Å². The zero-order valence-corrected chi connectivity index (χ0v) is 13.7. The predicted octanol–water partition coefficient (Wildman–Crippen LogP) is 3.51. The fraction of sp³-hybridized carbons (Fsp3) is 0.118. The van der Waals surface area contributed by atoms with E-state index in [0.717, 1.165) is 27.4 Å². The number of aromatic nitrogens is 4. The Hall–Kier alpha value is -2.93. The van der Waals surface area contributed by atoms with E-state index in [1.54, 1.807) is 17.4 Å². The van der Waals surface area contributed by atoms with Crippen molar-refractivity contribution >= 4 is 28.3 Å². The van der Waals surface area contributed by atoms with Gasteiger partial charge in [0.2, 0.25) is 0 Å². The average molecular weight is 337 g/mol. The molecule has 0 radical (unpaired) electrons. The molecule has 6 nitrogen and oxygen atoms in total. The van der Waals surface area contributed by atoms with E-state index in [2.05, 4.69) is 25.5 Å². The summed E-state index contributed by atoms with van der Waals surface area (Å²) in [4.78, 5) is 21.2. The summed E-state index contributed by atoms with van der Waals surface area (Å²) in [6.45, 7) is 1.89. The number of hydrogen-bond acceptors (Lipinski definition) is 4. The fourth-order valence-electron chi connectivity index (χ4n) is 2.51. The minimum Gasteiger partial charge on any atom is -0.341 e. The van der Waals surface area contributed by atoms with Crippen LogP contribution in [0.15, 0.2) is 47.8 Å². The molecule has 3 N–H and O–H groups in total. The molecule has 0 fully saturated rings. The van der Waals surface area contributed by atoms with E-state index in [9.17, 15) is 4.79 Å². The van der Waals surface area contributed by atoms with Crippen molar-refractivity contribution in [2.75, 3.05) is 0 Å². The Morgan fingerprint density at radius 2 is 2.12 bits per heavy atom. The van der Waals surface area contributed by atoms with Gasteiger partial charge in [0.15, 0.2) is 5.69 Å². The number of amides is 1. The summed E-state index contributed by atoms with van der Waals surface area (Å²) in [6, 6.07) is 13.2. The molecule has 0 spiro atoms. The minimum absolute atomic E-state index is 0.234. The molecule has 1 atom stereocenters. The molecule has 0 unspecified atom stereocenters. The number of rotatable bonds is 4. The number of H-pyrrole nitrogens is 2. The van der Waals surface area contributed by atoms with E-state index >= 15 is 0 Å². The van der Waals surface area contributed by atoms with Crippen LogP contribution in [0.5, 0.6) is 0 Å². The molecule has 3 aromatic heterocycles. The number of nitrogens with one attached hydrogen (secondary N) is 3. The standard InChI is InChI=1S/C17H15N5OS/c1-10(16-19-11-5-2-3-6-12(11)20-16)18-17(23)14-9-13(21-22-14)15-7-4-8-24-15/h2-10H,1H3,(H,18,23)(H,19,20)(H,21,22)/t10-/m0/s1. The predicted molar refractivity (Wildman–Crippen MR) is 93.9 cm³/mol. The summed E-state index contributed by atoms with van der Waals surface area (Å²) in [5, 5.41) is 11.9. The van der Waals surface area contributed by atoms with Crippen LogP contribution in [0, 0.1) is 0 Å². The van der Waals surface area contributed by atoms with Gasteiger partial charge in [-0.05, 0) is 36.6 Å². The molecule has 0 aliphatic rings. The van der Waals surface area contributed by atoms with Gasteiger partial charge in [-0.1, -0.05) is 18.2 Å². The van der Waals surface area contributed by atoms with Crippen LogP contribution >= 0.6 is 11.3 Å². The van der Waals surface area contributed by atoms with Crippen LogP contribution in [0.4, 0.5) is 0 Å². The molecular formula is C17H15N5OS. The maximum atomic E-state index is 12.4. The highest BCUT2D eigenvalue weighted by Crippen LogP contribution is 2.23. The lowest BCUT2D eigenvalue weighted by molar-refractivity contribution is 0.0933. The van der Waals surface area contributed by atoms with Gasteiger partial charge in [-0.25, -0.2) is 4.98 Å². The first-order chi connectivity index (χ1) is 11.7. The zero-order valence-electron chi connectivity index (χ0n) is 12.9. The number of fused-ring (bicyclic) bond motifs is 1. The Morgan fingerprint density at radius 3 is 2.92 bits per heavy atom. The Morgan fingerprint density at radius 1 is 1.25 bits per heavy atom. The molecule has 1 aromatic carbocycles. The molecule has 0 aliphatic heterocycles. The van der Waals surface area contributed by atoms with Crippen LogP contribution < -0.4 is 5.32 Å². The van der Waals surface area contributed by atoms with Crippen molar-refractivity contribution in [1.82, 2.24) is 25.5 Å². The number of benzene rings is 1. The van der Waals surface area contributed by atoms with Crippen molar-refractivity contribution in [3.8, 4) is 10.6 Å². The Balaban J connectivity index is 1.51. The lowest BCUT2D eigenvalue weighted by atomic mass is 10.2. The number of para-hydroxylation sites is 2. The number of aromatic amines is 2. The number of imidazole rings is 1. The molecular weight excluding hydrogens is 322 g/mol. The number of nitrogens with zero attached hydrogens (tertiary/aromatic N) is 2. The van der Waals surface area contributed by atoms with Gasteiger partial charge < -0.3 is 10.3 Å². The van der Waals surface area contributed by atoms with Gasteiger partial charge >= 0.3 is 0 Å². The first-order valence-corrected chi connectivity index (χ1v) is 8.43. The van der Waals surface area contributed by atoms with Gasteiger partial charge in [-0.2, -0.15) is 5.10 Å². The number of thiophene rings is 1. The molecule has 1 amide bonds. The molecule has 7 heteroatoms. The number of hydrogen-bond donors (Lipinski definition) is 3. The Labute approximate surface area is 141 Å². The largest absolute Gasteiger partial charge is 0.341 e. The smallest absolute Gasteiger partial charge is 0.272 e. The van der Waals surface area contributed by atoms with Gasteiger partial charge in [0.05, 0.1) is 27.6 Å². The van der Waals surface area contributed by atoms with Crippen molar-refractivity contribution in [3.05, 3.63) is 59.4 Å². The average Bonchev–Trinajstić information content (AvgIpc) is 3.32. The maximum Gasteiger partial charge on any atom is 0.272 e. The topological polar surface area (TPSA) is 86.5 Å². The van der Waals surface area contributed by atoms with E-state index < -0.39 is 0 Å². The highest BCUT2D eigenvalue weighted by atomic mass is 32.1. The van der Waals surface area contributed by atoms with Crippen molar-refractivity contribution in [1.29, 1.82) is 0 Å². The van der Waals surface area contributed by atoms with Crippen molar-refractivity contribution in [3.63, 3.8) is 0 Å². The molecule has 0 saturated heterocycles. The lowest BCUT2D eigenvalue weighted by Crippen LogP contribution is -2.27. The van der Waals surface area contributed by atoms with Crippen LogP contribution in [0.2, 0.25) is 0 Å². The summed E-state index contributed by atoms with van der Waals surface area (Å²) < 4.78 is 0. The Kier molecular flexibility index (Phi) is 3.62. The molecule has 3 heterocycles. The van der Waals surface area contributed by atoms with Gasteiger partial charge in [-0.15, -0.1) is 11.3 Å². The summed E-state index contributed by atoms with van der Waals surface area (Å²) in [5.74, 6) is 0.487. The van der Waals surface area contributed by atoms with Gasteiger partial charge in [-0.3, -0.25) is 9.89 Å². The number of carbonyl (C=O) groups excluding carboxylic acids is 1. The van der Waals surface area contributed by atoms with Crippen molar-refractivity contribution < 1.29 is 4.79 Å². The van der Waals surface area contributed by atoms with Crippen molar-refractivity contribution in [2.24, 2.45) is 0 Å². The molecule has 0 saturated carbocycles. The first kappa shape index (κ1) is 14.6. The quantitative estimate of drug-likeness (QED) is 0.532. The molecule has 0 aliphatic carbocycles. The normalized spacial score (nSPS) is 12.4. The SMILES string of the molecule is C[C@H](NC(=O)c1cc(-c2cccs2)[nH]n1)c1nc2ccccc2[nH]1. The van der Waals surface area contributed by atoms with E-state index in [4.69, 9.17) is 0 Å². The van der Waals surface area contributed by atoms with Crippen LogP contribution in [0.1, 0.15) is 29.3 Å². The molecule has 0 bridgehead atoms. The van der Waals surface area contributed by atoms with Gasteiger partial charge in [0, 0.05) is 0 Å². The minimum atomic E-state index is -0.244. The van der Waals surface area contributed by atoms with Crippen LogP contribution in [0.3, 0.4) is 0 Å². The summed E-state index contributed by atoms with van der Waals surface area (Å²) in [6.07, 6.45) is 0. The third kappa shape index (κ3) is 2.69. The molecule has 4 rings (SSSR count). The van der Waals surface area contributed by atoms with Crippen LogP contribution in [0.25, 0.3) is 21.6 Å². The summed E-state index contributed by atoms with van der Waals surface area (Å²) in [5.41, 5.74) is 3.04.